The maximum absolute atomic E-state index is 11.5. The third kappa shape index (κ3) is 2.72. The number of hydrogen-bond acceptors (Lipinski definition) is 4. The van der Waals surface area contributed by atoms with Crippen LogP contribution in [0.1, 0.15) is 0 Å². The van der Waals surface area contributed by atoms with Crippen LogP contribution >= 0.6 is 0 Å². The Balaban J connectivity index is 2.26. The van der Waals surface area contributed by atoms with E-state index in [2.05, 4.69) is 4.98 Å². The minimum Gasteiger partial charge on any atom is -0.445 e. The Bertz CT molecular complexity index is 857. The molecule has 106 valence electrons. The molecular formula is C15H12N2O3S. The van der Waals surface area contributed by atoms with Gasteiger partial charge in [-0.15, -0.1) is 0 Å². The fraction of sp³-hybridized carbons (Fsp3) is 0. The first kappa shape index (κ1) is 13.5. The first-order valence-electron chi connectivity index (χ1n) is 6.18. The van der Waals surface area contributed by atoms with Gasteiger partial charge in [0.05, 0.1) is 11.1 Å². The number of primary sulfonamides is 1. The van der Waals surface area contributed by atoms with E-state index in [0.29, 0.717) is 11.5 Å². The van der Waals surface area contributed by atoms with Gasteiger partial charge in [-0.3, -0.25) is 0 Å². The van der Waals surface area contributed by atoms with Gasteiger partial charge in [-0.2, -0.15) is 0 Å². The van der Waals surface area contributed by atoms with Crippen LogP contribution in [0.25, 0.3) is 22.6 Å². The van der Waals surface area contributed by atoms with E-state index in [1.54, 1.807) is 6.07 Å². The largest absolute Gasteiger partial charge is 0.445 e. The predicted molar refractivity (Wildman–Crippen MR) is 78.7 cm³/mol. The number of sulfonamides is 1. The van der Waals surface area contributed by atoms with Gasteiger partial charge in [-0.1, -0.05) is 36.4 Å². The molecule has 0 radical (unpaired) electrons. The van der Waals surface area contributed by atoms with Crippen LogP contribution in [0, 0.1) is 0 Å². The van der Waals surface area contributed by atoms with Crippen LogP contribution < -0.4 is 5.14 Å². The highest BCUT2D eigenvalue weighted by Gasteiger charge is 2.16. The maximum Gasteiger partial charge on any atom is 0.238 e. The first-order valence-corrected chi connectivity index (χ1v) is 7.72. The van der Waals surface area contributed by atoms with Crippen LogP contribution in [0.15, 0.2) is 70.3 Å². The fourth-order valence-corrected chi connectivity index (χ4v) is 2.64. The molecule has 0 bridgehead atoms. The number of aromatic nitrogens is 1. The molecule has 0 aliphatic rings. The van der Waals surface area contributed by atoms with Crippen LogP contribution in [0.2, 0.25) is 0 Å². The van der Waals surface area contributed by atoms with Gasteiger partial charge in [-0.05, 0) is 23.3 Å². The lowest BCUT2D eigenvalue weighted by atomic mass is 10.00. The van der Waals surface area contributed by atoms with Gasteiger partial charge in [0.2, 0.25) is 15.9 Å². The van der Waals surface area contributed by atoms with Crippen LogP contribution in [-0.4, -0.2) is 13.4 Å². The van der Waals surface area contributed by atoms with Crippen molar-refractivity contribution in [1.29, 1.82) is 0 Å². The molecular weight excluding hydrogens is 288 g/mol. The van der Waals surface area contributed by atoms with Crippen molar-refractivity contribution in [3.8, 4) is 22.6 Å². The van der Waals surface area contributed by atoms with Crippen molar-refractivity contribution in [2.45, 2.75) is 4.90 Å². The molecule has 6 heteroatoms. The van der Waals surface area contributed by atoms with E-state index < -0.39 is 10.0 Å². The van der Waals surface area contributed by atoms with Crippen molar-refractivity contribution >= 4 is 10.0 Å². The highest BCUT2D eigenvalue weighted by molar-refractivity contribution is 7.89. The summed E-state index contributed by atoms with van der Waals surface area (Å²) in [6, 6.07) is 14.2. The highest BCUT2D eigenvalue weighted by Crippen LogP contribution is 2.32. The van der Waals surface area contributed by atoms with Crippen molar-refractivity contribution in [1.82, 2.24) is 4.98 Å². The van der Waals surface area contributed by atoms with Crippen LogP contribution in [-0.2, 0) is 10.0 Å². The van der Waals surface area contributed by atoms with E-state index in [-0.39, 0.29) is 4.90 Å². The summed E-state index contributed by atoms with van der Waals surface area (Å²) in [6.07, 6.45) is 2.95. The predicted octanol–water partition coefficient (Wildman–Crippen LogP) is 2.66. The number of oxazole rings is 1. The molecule has 5 nitrogen and oxygen atoms in total. The van der Waals surface area contributed by atoms with Crippen molar-refractivity contribution in [2.75, 3.05) is 0 Å². The summed E-state index contributed by atoms with van der Waals surface area (Å²) in [7, 11) is -3.78. The van der Waals surface area contributed by atoms with E-state index >= 15 is 0 Å². The third-order valence-corrected chi connectivity index (χ3v) is 3.98. The topological polar surface area (TPSA) is 86.2 Å². The zero-order chi connectivity index (χ0) is 14.9. The summed E-state index contributed by atoms with van der Waals surface area (Å²) < 4.78 is 28.4. The van der Waals surface area contributed by atoms with Crippen LogP contribution in [0.5, 0.6) is 0 Å². The molecule has 0 spiro atoms. The summed E-state index contributed by atoms with van der Waals surface area (Å²) in [4.78, 5) is 4.12. The number of nitrogens with zero attached hydrogens (tertiary/aromatic N) is 1. The summed E-state index contributed by atoms with van der Waals surface area (Å²) in [5, 5.41) is 5.19. The molecule has 0 amide bonds. The minimum absolute atomic E-state index is 0.0235. The second-order valence-corrected chi connectivity index (χ2v) is 6.02. The van der Waals surface area contributed by atoms with E-state index in [9.17, 15) is 8.42 Å². The zero-order valence-corrected chi connectivity index (χ0v) is 11.7. The summed E-state index contributed by atoms with van der Waals surface area (Å²) in [5.74, 6) is 0.347. The molecule has 2 aromatic carbocycles. The molecule has 0 unspecified atom stereocenters. The van der Waals surface area contributed by atoms with Crippen molar-refractivity contribution < 1.29 is 12.8 Å². The van der Waals surface area contributed by atoms with E-state index in [4.69, 9.17) is 9.56 Å². The Hall–Kier alpha value is -2.44. The molecule has 21 heavy (non-hydrogen) atoms. The zero-order valence-electron chi connectivity index (χ0n) is 10.9. The average Bonchev–Trinajstić information content (AvgIpc) is 3.01. The van der Waals surface area contributed by atoms with Gasteiger partial charge in [-0.25, -0.2) is 18.5 Å². The minimum atomic E-state index is -3.78. The Morgan fingerprint density at radius 1 is 1.00 bits per heavy atom. The molecule has 0 aliphatic heterocycles. The molecule has 3 aromatic rings. The number of nitrogens with two attached hydrogens (primary N) is 1. The smallest absolute Gasteiger partial charge is 0.238 e. The third-order valence-electron chi connectivity index (χ3n) is 3.07. The molecule has 1 aromatic heterocycles. The van der Waals surface area contributed by atoms with Gasteiger partial charge < -0.3 is 4.42 Å². The molecule has 1 heterocycles. The number of rotatable bonds is 3. The fourth-order valence-electron chi connectivity index (χ4n) is 2.10. The Kier molecular flexibility index (Phi) is 3.32. The normalized spacial score (nSPS) is 11.5. The first-order chi connectivity index (χ1) is 10.1. The van der Waals surface area contributed by atoms with Crippen LogP contribution in [0.4, 0.5) is 0 Å². The van der Waals surface area contributed by atoms with Gasteiger partial charge in [0.15, 0.2) is 0 Å². The summed E-state index contributed by atoms with van der Waals surface area (Å²) in [6.45, 7) is 0. The van der Waals surface area contributed by atoms with E-state index in [1.807, 2.05) is 30.3 Å². The highest BCUT2D eigenvalue weighted by atomic mass is 32.2. The second kappa shape index (κ2) is 5.16. The lowest BCUT2D eigenvalue weighted by molar-refractivity contribution is 0.574. The van der Waals surface area contributed by atoms with Crippen LogP contribution in [0.3, 0.4) is 0 Å². The van der Waals surface area contributed by atoms with E-state index in [1.165, 1.54) is 24.6 Å². The van der Waals surface area contributed by atoms with Gasteiger partial charge in [0.1, 0.15) is 6.26 Å². The average molecular weight is 300 g/mol. The lowest BCUT2D eigenvalue weighted by Gasteiger charge is -2.09. The number of hydrogen-bond donors (Lipinski definition) is 1. The Labute approximate surface area is 122 Å². The van der Waals surface area contributed by atoms with Crippen molar-refractivity contribution in [3.63, 3.8) is 0 Å². The summed E-state index contributed by atoms with van der Waals surface area (Å²) >= 11 is 0. The van der Waals surface area contributed by atoms with Crippen molar-refractivity contribution in [3.05, 3.63) is 61.0 Å². The lowest BCUT2D eigenvalue weighted by Crippen LogP contribution is -2.12. The monoisotopic (exact) mass is 300 g/mol. The Morgan fingerprint density at radius 2 is 1.76 bits per heavy atom. The standard InChI is InChI=1S/C15H12N2O3S/c16-21(18,19)12-6-7-13(11-4-2-1-3-5-11)14(10-12)15-17-8-9-20-15/h1-10H,(H2,16,18,19). The maximum atomic E-state index is 11.5. The number of benzene rings is 2. The summed E-state index contributed by atoms with van der Waals surface area (Å²) in [5.41, 5.74) is 2.34. The molecule has 0 saturated heterocycles. The molecule has 0 fully saturated rings. The SMILES string of the molecule is NS(=O)(=O)c1ccc(-c2ccccc2)c(-c2ncco2)c1. The van der Waals surface area contributed by atoms with Crippen molar-refractivity contribution in [2.24, 2.45) is 5.14 Å². The van der Waals surface area contributed by atoms with Gasteiger partial charge in [0, 0.05) is 5.56 Å². The van der Waals surface area contributed by atoms with E-state index in [0.717, 1.165) is 11.1 Å². The molecule has 0 aliphatic carbocycles. The molecule has 0 saturated carbocycles. The Morgan fingerprint density at radius 3 is 2.38 bits per heavy atom. The molecule has 2 N–H and O–H groups in total. The van der Waals surface area contributed by atoms with Gasteiger partial charge in [0.25, 0.3) is 0 Å². The van der Waals surface area contributed by atoms with Gasteiger partial charge >= 0.3 is 0 Å². The molecule has 0 atom stereocenters. The molecule has 3 rings (SSSR count). The second-order valence-electron chi connectivity index (χ2n) is 4.46. The quantitative estimate of drug-likeness (QED) is 0.805.